The third kappa shape index (κ3) is 9.06. The molecule has 14 heteroatoms. The largest absolute Gasteiger partial charge is 0.480 e. The van der Waals surface area contributed by atoms with Crippen molar-refractivity contribution in [3.63, 3.8) is 0 Å². The molecule has 0 aliphatic heterocycles. The van der Waals surface area contributed by atoms with E-state index in [4.69, 9.17) is 10.6 Å². The second kappa shape index (κ2) is 12.7. The van der Waals surface area contributed by atoms with Gasteiger partial charge in [-0.15, -0.1) is 0 Å². The zero-order valence-corrected chi connectivity index (χ0v) is 16.9. The predicted molar refractivity (Wildman–Crippen MR) is 110 cm³/mol. The van der Waals surface area contributed by atoms with Gasteiger partial charge in [0.05, 0.1) is 0 Å². The van der Waals surface area contributed by atoms with E-state index in [1.807, 2.05) is 0 Å². The summed E-state index contributed by atoms with van der Waals surface area (Å²) in [7, 11) is 0. The minimum atomic E-state index is -1.38. The monoisotopic (exact) mass is 452 g/mol. The van der Waals surface area contributed by atoms with Crippen LogP contribution in [0.4, 0.5) is 5.69 Å². The lowest BCUT2D eigenvalue weighted by atomic mass is 10.1. The van der Waals surface area contributed by atoms with E-state index in [9.17, 15) is 29.1 Å². The first-order chi connectivity index (χ1) is 14.7. The summed E-state index contributed by atoms with van der Waals surface area (Å²) in [6.07, 6.45) is -0.594. The number of carboxylic acid groups (broad SMARTS) is 2. The fraction of sp³-hybridized carbons (Fsp3) is 0.353. The van der Waals surface area contributed by atoms with Crippen LogP contribution in [-0.2, 0) is 19.2 Å². The van der Waals surface area contributed by atoms with Gasteiger partial charge in [-0.1, -0.05) is 17.2 Å². The van der Waals surface area contributed by atoms with Crippen LogP contribution < -0.4 is 16.0 Å². The summed E-state index contributed by atoms with van der Waals surface area (Å²) in [6, 6.07) is 2.96. The first-order valence-electron chi connectivity index (χ1n) is 8.76. The third-order valence-electron chi connectivity index (χ3n) is 3.80. The van der Waals surface area contributed by atoms with Crippen molar-refractivity contribution >= 4 is 48.0 Å². The Morgan fingerprint density at radius 3 is 2.23 bits per heavy atom. The number of carbonyl (C=O) groups is 5. The number of carboxylic acids is 2. The number of azide groups is 1. The van der Waals surface area contributed by atoms with Gasteiger partial charge >= 0.3 is 11.9 Å². The van der Waals surface area contributed by atoms with E-state index in [0.717, 1.165) is 0 Å². The quantitative estimate of drug-likeness (QED) is 0.112. The van der Waals surface area contributed by atoms with E-state index in [-0.39, 0.29) is 29.8 Å². The molecule has 3 amide bonds. The second-order valence-corrected chi connectivity index (χ2v) is 6.42. The van der Waals surface area contributed by atoms with Crippen LogP contribution in [-0.4, -0.2) is 64.3 Å². The van der Waals surface area contributed by atoms with Crippen molar-refractivity contribution in [2.75, 3.05) is 12.3 Å². The van der Waals surface area contributed by atoms with Crippen molar-refractivity contribution < 1.29 is 34.2 Å². The molecule has 0 radical (unpaired) electrons. The Kier molecular flexibility index (Phi) is 10.4. The van der Waals surface area contributed by atoms with Crippen LogP contribution in [0.15, 0.2) is 29.4 Å². The molecule has 2 atom stereocenters. The molecule has 0 aromatic heterocycles. The normalized spacial score (nSPS) is 11.9. The number of hydrogen-bond donors (Lipinski definition) is 6. The molecule has 1 aromatic rings. The number of carbonyl (C=O) groups excluding carboxylic acids is 3. The Morgan fingerprint density at radius 1 is 1.06 bits per heavy atom. The Bertz CT molecular complexity index is 885. The molecule has 0 unspecified atom stereocenters. The van der Waals surface area contributed by atoms with E-state index in [1.54, 1.807) is 0 Å². The van der Waals surface area contributed by atoms with Crippen molar-refractivity contribution in [3.05, 3.63) is 40.3 Å². The van der Waals surface area contributed by atoms with Gasteiger partial charge in [-0.2, -0.15) is 12.6 Å². The molecule has 0 aliphatic rings. The van der Waals surface area contributed by atoms with E-state index in [0.29, 0.717) is 0 Å². The molecule has 5 N–H and O–H groups in total. The molecule has 31 heavy (non-hydrogen) atoms. The van der Waals surface area contributed by atoms with Gasteiger partial charge in [-0.05, 0) is 24.1 Å². The smallest absolute Gasteiger partial charge is 0.326 e. The molecule has 1 rings (SSSR count). The molecule has 13 nitrogen and oxygen atoms in total. The Balaban J connectivity index is 2.64. The molecule has 0 saturated heterocycles. The van der Waals surface area contributed by atoms with Crippen molar-refractivity contribution in [2.45, 2.75) is 24.9 Å². The summed E-state index contributed by atoms with van der Waals surface area (Å²) in [5.41, 5.74) is 8.76. The average molecular weight is 452 g/mol. The standard InChI is InChI=1S/C17H20N6O7S/c18-23-22-10-3-1-9(2-4-10)15(27)21-11(17(29)30)5-6-13(24)20-12(8-31)16(28)19-7-14(25)26/h1-4,11-12,31H,5-8H2,(H,19,28)(H,20,24)(H,21,27)(H,25,26)(H,29,30)/t11-,12-/m0/s1. The zero-order chi connectivity index (χ0) is 23.4. The molecule has 0 spiro atoms. The number of nitrogens with zero attached hydrogens (tertiary/aromatic N) is 3. The minimum absolute atomic E-state index is 0.109. The third-order valence-corrected chi connectivity index (χ3v) is 4.17. The Hall–Kier alpha value is -3.77. The molecule has 1 aromatic carbocycles. The molecule has 0 bridgehead atoms. The minimum Gasteiger partial charge on any atom is -0.480 e. The van der Waals surface area contributed by atoms with Gasteiger partial charge in [0.25, 0.3) is 5.91 Å². The first-order valence-corrected chi connectivity index (χ1v) is 9.39. The molecule has 166 valence electrons. The van der Waals surface area contributed by atoms with Crippen LogP contribution in [0.3, 0.4) is 0 Å². The molecule has 0 fully saturated rings. The summed E-state index contributed by atoms with van der Waals surface area (Å²) in [6.45, 7) is -0.629. The molecular formula is C17H20N6O7S. The highest BCUT2D eigenvalue weighted by Crippen LogP contribution is 2.13. The van der Waals surface area contributed by atoms with Crippen LogP contribution >= 0.6 is 12.6 Å². The summed E-state index contributed by atoms with van der Waals surface area (Å²) in [5, 5.41) is 27.9. The second-order valence-electron chi connectivity index (χ2n) is 6.05. The van der Waals surface area contributed by atoms with Crippen molar-refractivity contribution in [1.29, 1.82) is 0 Å². The number of thiol groups is 1. The number of aliphatic carboxylic acids is 2. The van der Waals surface area contributed by atoms with E-state index >= 15 is 0 Å². The van der Waals surface area contributed by atoms with Gasteiger partial charge in [-0.25, -0.2) is 4.79 Å². The molecular weight excluding hydrogens is 432 g/mol. The molecule has 0 saturated carbocycles. The fourth-order valence-corrected chi connectivity index (χ4v) is 2.51. The number of benzene rings is 1. The van der Waals surface area contributed by atoms with Gasteiger partial charge in [0, 0.05) is 28.3 Å². The van der Waals surface area contributed by atoms with Gasteiger partial charge in [0.15, 0.2) is 0 Å². The topological polar surface area (TPSA) is 211 Å². The highest BCUT2D eigenvalue weighted by molar-refractivity contribution is 7.80. The number of nitrogens with one attached hydrogen (secondary N) is 3. The lowest BCUT2D eigenvalue weighted by Crippen LogP contribution is -2.49. The maximum absolute atomic E-state index is 12.2. The summed E-state index contributed by atoms with van der Waals surface area (Å²) < 4.78 is 0. The van der Waals surface area contributed by atoms with Crippen LogP contribution in [0.25, 0.3) is 10.4 Å². The van der Waals surface area contributed by atoms with Crippen LogP contribution in [0.2, 0.25) is 0 Å². The van der Waals surface area contributed by atoms with E-state index < -0.39 is 48.3 Å². The maximum atomic E-state index is 12.2. The first kappa shape index (κ1) is 25.3. The summed E-state index contributed by atoms with van der Waals surface area (Å²) in [5.74, 6) is -4.87. The van der Waals surface area contributed by atoms with Gasteiger partial charge in [0.2, 0.25) is 11.8 Å². The van der Waals surface area contributed by atoms with Crippen molar-refractivity contribution in [3.8, 4) is 0 Å². The number of amides is 3. The van der Waals surface area contributed by atoms with Crippen LogP contribution in [0.5, 0.6) is 0 Å². The summed E-state index contributed by atoms with van der Waals surface area (Å²) >= 11 is 3.92. The maximum Gasteiger partial charge on any atom is 0.326 e. The van der Waals surface area contributed by atoms with Gasteiger partial charge in [0.1, 0.15) is 18.6 Å². The molecule has 0 heterocycles. The van der Waals surface area contributed by atoms with Gasteiger partial charge in [-0.3, -0.25) is 19.2 Å². The lowest BCUT2D eigenvalue weighted by molar-refractivity contribution is -0.139. The summed E-state index contributed by atoms with van der Waals surface area (Å²) in [4.78, 5) is 60.6. The molecule has 0 aliphatic carbocycles. The average Bonchev–Trinajstić information content (AvgIpc) is 2.73. The van der Waals surface area contributed by atoms with E-state index in [1.165, 1.54) is 24.3 Å². The lowest BCUT2D eigenvalue weighted by Gasteiger charge is -2.17. The number of hydrogen-bond acceptors (Lipinski definition) is 7. The highest BCUT2D eigenvalue weighted by atomic mass is 32.1. The van der Waals surface area contributed by atoms with E-state index in [2.05, 4.69) is 38.6 Å². The van der Waals surface area contributed by atoms with Crippen molar-refractivity contribution in [1.82, 2.24) is 16.0 Å². The zero-order valence-electron chi connectivity index (χ0n) is 16.0. The SMILES string of the molecule is [N-]=[N+]=Nc1ccc(C(=O)N[C@@H](CCC(=O)N[C@@H](CS)C(=O)NCC(=O)O)C(=O)O)cc1. The highest BCUT2D eigenvalue weighted by Gasteiger charge is 2.24. The van der Waals surface area contributed by atoms with Crippen molar-refractivity contribution in [2.24, 2.45) is 5.11 Å². The fourth-order valence-electron chi connectivity index (χ4n) is 2.25. The predicted octanol–water partition coefficient (Wildman–Crippen LogP) is 0.207. The van der Waals surface area contributed by atoms with Crippen LogP contribution in [0.1, 0.15) is 23.2 Å². The van der Waals surface area contributed by atoms with Gasteiger partial charge < -0.3 is 26.2 Å². The van der Waals surface area contributed by atoms with Crippen LogP contribution in [0, 0.1) is 0 Å². The Labute approximate surface area is 181 Å². The Morgan fingerprint density at radius 2 is 1.71 bits per heavy atom. The number of rotatable bonds is 12.